The van der Waals surface area contributed by atoms with Crippen LogP contribution in [0.2, 0.25) is 0 Å². The van der Waals surface area contributed by atoms with E-state index in [0.717, 1.165) is 37.1 Å². The van der Waals surface area contributed by atoms with Gasteiger partial charge < -0.3 is 10.1 Å². The third-order valence-corrected chi connectivity index (χ3v) is 3.96. The molecule has 0 radical (unpaired) electrons. The lowest BCUT2D eigenvalue weighted by molar-refractivity contribution is 0.142. The number of benzene rings is 1. The molecule has 2 unspecified atom stereocenters. The maximum absolute atomic E-state index is 13.2. The van der Waals surface area contributed by atoms with E-state index in [1.165, 1.54) is 6.07 Å². The lowest BCUT2D eigenvalue weighted by atomic mass is 9.80. The molecule has 1 aliphatic rings. The second-order valence-corrected chi connectivity index (χ2v) is 6.73. The second kappa shape index (κ2) is 6.13. The van der Waals surface area contributed by atoms with E-state index in [1.807, 2.05) is 0 Å². The number of hydrogen-bond acceptors (Lipinski definition) is 2. The zero-order chi connectivity index (χ0) is 14.8. The van der Waals surface area contributed by atoms with Crippen LogP contribution < -0.4 is 10.1 Å². The van der Waals surface area contributed by atoms with Crippen LogP contribution in [0.4, 0.5) is 4.39 Å². The molecule has 0 amide bonds. The average Bonchev–Trinajstić information content (AvgIpc) is 2.68. The van der Waals surface area contributed by atoms with E-state index in [4.69, 9.17) is 4.74 Å². The van der Waals surface area contributed by atoms with Gasteiger partial charge in [0.25, 0.3) is 0 Å². The molecule has 2 rings (SSSR count). The molecule has 1 aromatic rings. The van der Waals surface area contributed by atoms with E-state index in [-0.39, 0.29) is 17.3 Å². The highest BCUT2D eigenvalue weighted by atomic mass is 19.1. The van der Waals surface area contributed by atoms with Crippen LogP contribution in [0.15, 0.2) is 18.2 Å². The second-order valence-electron chi connectivity index (χ2n) is 6.73. The summed E-state index contributed by atoms with van der Waals surface area (Å²) in [5, 5.41) is 3.46. The molecule has 1 aliphatic heterocycles. The topological polar surface area (TPSA) is 21.3 Å². The predicted molar refractivity (Wildman–Crippen MR) is 80.7 cm³/mol. The first-order valence-electron chi connectivity index (χ1n) is 7.58. The summed E-state index contributed by atoms with van der Waals surface area (Å²) in [5.74, 6) is 0.681. The van der Waals surface area contributed by atoms with Crippen LogP contribution >= 0.6 is 0 Å². The number of hydrogen-bond donors (Lipinski definition) is 1. The van der Waals surface area contributed by atoms with Crippen molar-refractivity contribution in [2.45, 2.75) is 59.1 Å². The Morgan fingerprint density at radius 1 is 1.45 bits per heavy atom. The average molecular weight is 279 g/mol. The van der Waals surface area contributed by atoms with Crippen molar-refractivity contribution in [3.63, 3.8) is 0 Å². The summed E-state index contributed by atoms with van der Waals surface area (Å²) in [6.45, 7) is 9.93. The molecular formula is C17H26FNO. The van der Waals surface area contributed by atoms with E-state index in [9.17, 15) is 4.39 Å². The molecule has 1 heterocycles. The molecular weight excluding hydrogens is 253 g/mol. The van der Waals surface area contributed by atoms with E-state index in [2.05, 4.69) is 33.0 Å². The van der Waals surface area contributed by atoms with Crippen molar-refractivity contribution < 1.29 is 9.13 Å². The Morgan fingerprint density at radius 2 is 2.20 bits per heavy atom. The van der Waals surface area contributed by atoms with Crippen LogP contribution in [-0.4, -0.2) is 18.7 Å². The molecule has 1 aromatic carbocycles. The van der Waals surface area contributed by atoms with Gasteiger partial charge >= 0.3 is 0 Å². The minimum Gasteiger partial charge on any atom is -0.490 e. The van der Waals surface area contributed by atoms with Crippen molar-refractivity contribution >= 4 is 0 Å². The van der Waals surface area contributed by atoms with Gasteiger partial charge in [-0.05, 0) is 49.9 Å². The summed E-state index contributed by atoms with van der Waals surface area (Å²) in [6.07, 6.45) is 3.12. The van der Waals surface area contributed by atoms with Gasteiger partial charge in [-0.25, -0.2) is 4.39 Å². The Hall–Kier alpha value is -1.09. The van der Waals surface area contributed by atoms with Gasteiger partial charge in [-0.2, -0.15) is 0 Å². The lowest BCUT2D eigenvalue weighted by Gasteiger charge is -2.30. The third kappa shape index (κ3) is 3.95. The summed E-state index contributed by atoms with van der Waals surface area (Å²) < 4.78 is 19.2. The van der Waals surface area contributed by atoms with Crippen LogP contribution in [0.1, 0.15) is 46.1 Å². The molecule has 0 fully saturated rings. The molecule has 2 atom stereocenters. The summed E-state index contributed by atoms with van der Waals surface area (Å²) in [4.78, 5) is 0. The molecule has 0 bridgehead atoms. The Bertz CT molecular complexity index is 458. The van der Waals surface area contributed by atoms with Crippen molar-refractivity contribution in [3.05, 3.63) is 29.6 Å². The van der Waals surface area contributed by atoms with Crippen molar-refractivity contribution in [2.24, 2.45) is 5.41 Å². The van der Waals surface area contributed by atoms with Crippen LogP contribution in [0.25, 0.3) is 0 Å². The van der Waals surface area contributed by atoms with Gasteiger partial charge in [0.05, 0.1) is 0 Å². The molecule has 20 heavy (non-hydrogen) atoms. The minimum absolute atomic E-state index is 0.173. The highest BCUT2D eigenvalue weighted by molar-refractivity contribution is 5.37. The first-order chi connectivity index (χ1) is 9.39. The van der Waals surface area contributed by atoms with Gasteiger partial charge in [0.1, 0.15) is 17.7 Å². The van der Waals surface area contributed by atoms with Crippen LogP contribution in [-0.2, 0) is 6.42 Å². The molecule has 0 saturated carbocycles. The summed E-state index contributed by atoms with van der Waals surface area (Å²) >= 11 is 0. The fraction of sp³-hybridized carbons (Fsp3) is 0.647. The Morgan fingerprint density at radius 3 is 2.90 bits per heavy atom. The summed E-state index contributed by atoms with van der Waals surface area (Å²) in [6, 6.07) is 5.33. The van der Waals surface area contributed by atoms with Gasteiger partial charge in [0, 0.05) is 18.0 Å². The van der Waals surface area contributed by atoms with Gasteiger partial charge in [-0.1, -0.05) is 20.8 Å². The van der Waals surface area contributed by atoms with Crippen molar-refractivity contribution in [2.75, 3.05) is 6.54 Å². The maximum atomic E-state index is 13.2. The van der Waals surface area contributed by atoms with Gasteiger partial charge in [0.15, 0.2) is 0 Å². The molecule has 0 saturated heterocycles. The first-order valence-corrected chi connectivity index (χ1v) is 7.58. The zero-order valence-corrected chi connectivity index (χ0v) is 13.0. The number of fused-ring (bicyclic) bond motifs is 1. The number of rotatable bonds is 6. The first kappa shape index (κ1) is 15.3. The number of halogens is 1. The smallest absolute Gasteiger partial charge is 0.123 e. The molecule has 0 spiro atoms. The molecule has 3 heteroatoms. The van der Waals surface area contributed by atoms with Crippen molar-refractivity contribution in [1.29, 1.82) is 0 Å². The molecule has 0 aliphatic carbocycles. The van der Waals surface area contributed by atoms with Crippen molar-refractivity contribution in [1.82, 2.24) is 5.32 Å². The predicted octanol–water partition coefficient (Wildman–Crippen LogP) is 3.93. The minimum atomic E-state index is -0.173. The Balaban J connectivity index is 1.92. The normalized spacial score (nSPS) is 19.6. The quantitative estimate of drug-likeness (QED) is 0.852. The highest BCUT2D eigenvalue weighted by Gasteiger charge is 2.30. The standard InChI is InChI=1S/C17H26FNO/c1-5-19-12(2)10-17(3,4)11-15-9-13-8-14(18)6-7-16(13)20-15/h6-8,12,15,19H,5,9-11H2,1-4H3. The van der Waals surface area contributed by atoms with Crippen LogP contribution in [0, 0.1) is 11.2 Å². The highest BCUT2D eigenvalue weighted by Crippen LogP contribution is 2.36. The fourth-order valence-corrected chi connectivity index (χ4v) is 3.35. The number of nitrogens with one attached hydrogen (secondary N) is 1. The molecule has 0 aromatic heterocycles. The van der Waals surface area contributed by atoms with E-state index in [0.29, 0.717) is 6.04 Å². The van der Waals surface area contributed by atoms with Crippen LogP contribution in [0.3, 0.4) is 0 Å². The third-order valence-electron chi connectivity index (χ3n) is 3.96. The molecule has 112 valence electrons. The Kier molecular flexibility index (Phi) is 4.69. The summed E-state index contributed by atoms with van der Waals surface area (Å²) in [5.41, 5.74) is 1.22. The zero-order valence-electron chi connectivity index (χ0n) is 13.0. The maximum Gasteiger partial charge on any atom is 0.123 e. The largest absolute Gasteiger partial charge is 0.490 e. The summed E-state index contributed by atoms with van der Waals surface area (Å²) in [7, 11) is 0. The van der Waals surface area contributed by atoms with Gasteiger partial charge in [-0.3, -0.25) is 0 Å². The van der Waals surface area contributed by atoms with E-state index >= 15 is 0 Å². The van der Waals surface area contributed by atoms with Gasteiger partial charge in [0.2, 0.25) is 0 Å². The van der Waals surface area contributed by atoms with E-state index in [1.54, 1.807) is 12.1 Å². The van der Waals surface area contributed by atoms with Crippen molar-refractivity contribution in [3.8, 4) is 5.75 Å². The lowest BCUT2D eigenvalue weighted by Crippen LogP contribution is -2.33. The monoisotopic (exact) mass is 279 g/mol. The Labute approximate surface area is 121 Å². The number of ether oxygens (including phenoxy) is 1. The molecule has 1 N–H and O–H groups in total. The van der Waals surface area contributed by atoms with E-state index < -0.39 is 0 Å². The fourth-order valence-electron chi connectivity index (χ4n) is 3.35. The SMILES string of the molecule is CCNC(C)CC(C)(C)CC1Cc2cc(F)ccc2O1. The molecule has 2 nitrogen and oxygen atoms in total. The van der Waals surface area contributed by atoms with Gasteiger partial charge in [-0.15, -0.1) is 0 Å². The van der Waals surface area contributed by atoms with Crippen LogP contribution in [0.5, 0.6) is 5.75 Å².